The molecule has 208 valence electrons. The monoisotopic (exact) mass is 570 g/mol. The number of nitrogens with one attached hydrogen (secondary N) is 1. The van der Waals surface area contributed by atoms with Gasteiger partial charge in [-0.3, -0.25) is 9.59 Å². The second-order valence-electron chi connectivity index (χ2n) is 9.56. The highest BCUT2D eigenvalue weighted by atomic mass is 35.5. The van der Waals surface area contributed by atoms with Gasteiger partial charge in [0.25, 0.3) is 0 Å². The van der Waals surface area contributed by atoms with Crippen LogP contribution in [-0.2, 0) is 32.8 Å². The van der Waals surface area contributed by atoms with Crippen LogP contribution in [0.4, 0.5) is 5.69 Å². The van der Waals surface area contributed by atoms with E-state index in [1.807, 2.05) is 55.5 Å². The van der Waals surface area contributed by atoms with Crippen LogP contribution in [0.3, 0.4) is 0 Å². The molecule has 3 aromatic carbocycles. The Morgan fingerprint density at radius 3 is 2.21 bits per heavy atom. The molecule has 2 amide bonds. The fraction of sp³-hybridized carbons (Fsp3) is 0.310. The number of benzene rings is 3. The lowest BCUT2D eigenvalue weighted by Crippen LogP contribution is -2.54. The molecule has 0 bridgehead atoms. The summed E-state index contributed by atoms with van der Waals surface area (Å²) in [5.41, 5.74) is 3.53. The number of carbonyl (C=O) groups is 2. The molecule has 0 saturated heterocycles. The number of halogens is 1. The van der Waals surface area contributed by atoms with Crippen LogP contribution in [0, 0.1) is 13.8 Å². The Balaban J connectivity index is 2.10. The summed E-state index contributed by atoms with van der Waals surface area (Å²) in [6.07, 6.45) is 0.247. The summed E-state index contributed by atoms with van der Waals surface area (Å²) in [5, 5.41) is 3.16. The van der Waals surface area contributed by atoms with E-state index in [0.29, 0.717) is 21.8 Å². The molecule has 0 aliphatic carbocycles. The molecule has 10 heteroatoms. The largest absolute Gasteiger partial charge is 0.357 e. The summed E-state index contributed by atoms with van der Waals surface area (Å²) in [7, 11) is 0.305. The van der Waals surface area contributed by atoms with Crippen LogP contribution in [-0.4, -0.2) is 63.2 Å². The number of anilines is 1. The van der Waals surface area contributed by atoms with Crippen molar-refractivity contribution in [3.8, 4) is 0 Å². The van der Waals surface area contributed by atoms with E-state index in [-0.39, 0.29) is 18.9 Å². The van der Waals surface area contributed by atoms with Gasteiger partial charge in [0.2, 0.25) is 11.8 Å². The molecular weight excluding hydrogens is 536 g/mol. The first-order valence-corrected chi connectivity index (χ1v) is 14.3. The van der Waals surface area contributed by atoms with Gasteiger partial charge in [-0.05, 0) is 54.3 Å². The van der Waals surface area contributed by atoms with Gasteiger partial charge >= 0.3 is 10.2 Å². The highest BCUT2D eigenvalue weighted by molar-refractivity contribution is 7.90. The van der Waals surface area contributed by atoms with Gasteiger partial charge in [0.1, 0.15) is 12.6 Å². The molecule has 0 radical (unpaired) electrons. The van der Waals surface area contributed by atoms with E-state index in [9.17, 15) is 18.0 Å². The number of amides is 2. The van der Waals surface area contributed by atoms with E-state index >= 15 is 0 Å². The van der Waals surface area contributed by atoms with Crippen LogP contribution in [0.25, 0.3) is 0 Å². The molecule has 0 unspecified atom stereocenters. The van der Waals surface area contributed by atoms with Crippen LogP contribution < -0.4 is 9.62 Å². The number of hydrogen-bond donors (Lipinski definition) is 1. The van der Waals surface area contributed by atoms with Gasteiger partial charge in [-0.2, -0.15) is 12.7 Å². The number of aryl methyl sites for hydroxylation is 2. The van der Waals surface area contributed by atoms with Crippen LogP contribution in [0.1, 0.15) is 22.3 Å². The average molecular weight is 571 g/mol. The van der Waals surface area contributed by atoms with Gasteiger partial charge < -0.3 is 10.2 Å². The molecule has 39 heavy (non-hydrogen) atoms. The van der Waals surface area contributed by atoms with Crippen molar-refractivity contribution in [1.82, 2.24) is 14.5 Å². The zero-order valence-corrected chi connectivity index (χ0v) is 24.5. The lowest BCUT2D eigenvalue weighted by molar-refractivity contribution is -0.139. The predicted octanol–water partition coefficient (Wildman–Crippen LogP) is 3.96. The molecule has 3 rings (SSSR count). The van der Waals surface area contributed by atoms with Crippen molar-refractivity contribution < 1.29 is 18.0 Å². The van der Waals surface area contributed by atoms with Gasteiger partial charge in [-0.15, -0.1) is 0 Å². The second-order valence-corrected chi connectivity index (χ2v) is 12.1. The van der Waals surface area contributed by atoms with E-state index < -0.39 is 28.7 Å². The van der Waals surface area contributed by atoms with Crippen molar-refractivity contribution in [1.29, 1.82) is 0 Å². The Kier molecular flexibility index (Phi) is 10.1. The first-order valence-electron chi connectivity index (χ1n) is 12.5. The predicted molar refractivity (Wildman–Crippen MR) is 156 cm³/mol. The van der Waals surface area contributed by atoms with Crippen LogP contribution in [0.2, 0.25) is 5.02 Å². The molecule has 0 aromatic heterocycles. The topological polar surface area (TPSA) is 90.0 Å². The molecule has 0 aliphatic heterocycles. The zero-order valence-electron chi connectivity index (χ0n) is 22.9. The minimum atomic E-state index is -4.05. The normalized spacial score (nSPS) is 12.2. The van der Waals surface area contributed by atoms with Gasteiger partial charge in [-0.1, -0.05) is 66.2 Å². The Morgan fingerprint density at radius 1 is 0.923 bits per heavy atom. The number of rotatable bonds is 11. The Bertz CT molecular complexity index is 1410. The highest BCUT2D eigenvalue weighted by Gasteiger charge is 2.34. The van der Waals surface area contributed by atoms with Crippen molar-refractivity contribution in [3.63, 3.8) is 0 Å². The summed E-state index contributed by atoms with van der Waals surface area (Å²) in [4.78, 5) is 28.8. The molecular formula is C29H35ClN4O4S. The number of hydrogen-bond acceptors (Lipinski definition) is 4. The number of carbonyl (C=O) groups excluding carboxylic acids is 2. The average Bonchev–Trinajstić information content (AvgIpc) is 2.90. The lowest BCUT2D eigenvalue weighted by Gasteiger charge is -2.34. The summed E-state index contributed by atoms with van der Waals surface area (Å²) in [6.45, 7) is 3.22. The smallest absolute Gasteiger partial charge is 0.304 e. The SMILES string of the molecule is CNC(=O)[C@@H](Cc1ccccc1)N(Cc1cccc(Cl)c1)C(=O)CN(c1cc(C)ccc1C)S(=O)(=O)N(C)C. The standard InChI is InChI=1S/C29H35ClN4O4S/c1-21-14-15-22(2)26(16-21)34(39(37,38)32(4)5)20-28(35)33(19-24-12-9-13-25(30)17-24)27(29(36)31-3)18-23-10-7-6-8-11-23/h6-17,27H,18-20H2,1-5H3,(H,31,36)/t27-/m1/s1. The van der Waals surface area contributed by atoms with E-state index in [1.54, 1.807) is 31.2 Å². The first kappa shape index (κ1) is 30.1. The summed E-state index contributed by atoms with van der Waals surface area (Å²) >= 11 is 6.22. The lowest BCUT2D eigenvalue weighted by atomic mass is 10.0. The molecule has 0 fully saturated rings. The third-order valence-electron chi connectivity index (χ3n) is 6.41. The second kappa shape index (κ2) is 13.1. The van der Waals surface area contributed by atoms with Gasteiger partial charge in [0.05, 0.1) is 5.69 Å². The molecule has 0 spiro atoms. The van der Waals surface area contributed by atoms with Crippen LogP contribution in [0.15, 0.2) is 72.8 Å². The summed E-state index contributed by atoms with van der Waals surface area (Å²) < 4.78 is 29.2. The zero-order chi connectivity index (χ0) is 28.7. The fourth-order valence-corrected chi connectivity index (χ4v) is 5.57. The maximum absolute atomic E-state index is 14.1. The Hall–Kier alpha value is -3.40. The summed E-state index contributed by atoms with van der Waals surface area (Å²) in [5.74, 6) is -0.881. The third-order valence-corrected chi connectivity index (χ3v) is 8.45. The molecule has 3 aromatic rings. The Labute approximate surface area is 236 Å². The molecule has 1 atom stereocenters. The van der Waals surface area contributed by atoms with E-state index in [2.05, 4.69) is 5.32 Å². The van der Waals surface area contributed by atoms with Crippen LogP contribution >= 0.6 is 11.6 Å². The van der Waals surface area contributed by atoms with Crippen LogP contribution in [0.5, 0.6) is 0 Å². The molecule has 1 N–H and O–H groups in total. The molecule has 8 nitrogen and oxygen atoms in total. The van der Waals surface area contributed by atoms with Crippen molar-refractivity contribution in [3.05, 3.63) is 100 Å². The fourth-order valence-electron chi connectivity index (χ4n) is 4.24. The minimum absolute atomic E-state index is 0.0625. The third kappa shape index (κ3) is 7.59. The van der Waals surface area contributed by atoms with Crippen molar-refractivity contribution in [2.45, 2.75) is 32.9 Å². The molecule has 0 heterocycles. The van der Waals surface area contributed by atoms with E-state index in [4.69, 9.17) is 11.6 Å². The quantitative estimate of drug-likeness (QED) is 0.378. The number of likely N-dealkylation sites (N-methyl/N-ethyl adjacent to an activating group) is 1. The van der Waals surface area contributed by atoms with Gasteiger partial charge in [0, 0.05) is 39.1 Å². The minimum Gasteiger partial charge on any atom is -0.357 e. The van der Waals surface area contributed by atoms with Crippen molar-refractivity contribution in [2.75, 3.05) is 32.0 Å². The molecule has 0 aliphatic rings. The van der Waals surface area contributed by atoms with Gasteiger partial charge in [0.15, 0.2) is 0 Å². The maximum Gasteiger partial charge on any atom is 0.304 e. The number of nitrogens with zero attached hydrogens (tertiary/aromatic N) is 3. The summed E-state index contributed by atoms with van der Waals surface area (Å²) in [6, 6.07) is 21.0. The van der Waals surface area contributed by atoms with Crippen molar-refractivity contribution in [2.24, 2.45) is 0 Å². The maximum atomic E-state index is 14.1. The first-order chi connectivity index (χ1) is 18.4. The van der Waals surface area contributed by atoms with Crippen molar-refractivity contribution >= 4 is 39.3 Å². The van der Waals surface area contributed by atoms with Gasteiger partial charge in [-0.25, -0.2) is 4.31 Å². The van der Waals surface area contributed by atoms with E-state index in [1.165, 1.54) is 26.0 Å². The highest BCUT2D eigenvalue weighted by Crippen LogP contribution is 2.26. The Morgan fingerprint density at radius 2 is 1.59 bits per heavy atom. The van der Waals surface area contributed by atoms with E-state index in [0.717, 1.165) is 19.7 Å². The molecule has 0 saturated carbocycles.